The van der Waals surface area contributed by atoms with Crippen LogP contribution in [0.3, 0.4) is 0 Å². The van der Waals surface area contributed by atoms with Crippen LogP contribution in [0.15, 0.2) is 36.4 Å². The second-order valence-electron chi connectivity index (χ2n) is 6.38. The maximum absolute atomic E-state index is 12.8. The van der Waals surface area contributed by atoms with Gasteiger partial charge in [0.05, 0.1) is 12.1 Å². The van der Waals surface area contributed by atoms with Crippen LogP contribution in [0.1, 0.15) is 28.5 Å². The van der Waals surface area contributed by atoms with Crippen LogP contribution in [-0.4, -0.2) is 41.3 Å². The number of benzene rings is 2. The van der Waals surface area contributed by atoms with Gasteiger partial charge in [-0.05, 0) is 43.7 Å². The lowest BCUT2D eigenvalue weighted by molar-refractivity contribution is -0.0514. The minimum Gasteiger partial charge on any atom is -0.490 e. The highest BCUT2D eigenvalue weighted by Gasteiger charge is 2.19. The van der Waals surface area contributed by atoms with E-state index in [1.165, 1.54) is 11.0 Å². The summed E-state index contributed by atoms with van der Waals surface area (Å²) in [6.45, 7) is 1.32. The van der Waals surface area contributed by atoms with Crippen LogP contribution in [0.25, 0.3) is 10.9 Å². The fourth-order valence-electron chi connectivity index (χ4n) is 2.93. The number of hydrogen-bond acceptors (Lipinski definition) is 4. The number of alkyl halides is 2. The van der Waals surface area contributed by atoms with Gasteiger partial charge in [-0.1, -0.05) is 17.7 Å². The number of aryl methyl sites for hydroxylation is 1. The van der Waals surface area contributed by atoms with Gasteiger partial charge < -0.3 is 14.4 Å². The number of halogens is 2. The quantitative estimate of drug-likeness (QED) is 0.659. The Morgan fingerprint density at radius 1 is 1.21 bits per heavy atom. The minimum absolute atomic E-state index is 0.0386. The van der Waals surface area contributed by atoms with Crippen molar-refractivity contribution in [2.45, 2.75) is 27.0 Å². The minimum atomic E-state index is -2.94. The molecule has 0 aliphatic rings. The number of carbonyl (C=O) groups is 1. The molecule has 6 nitrogen and oxygen atoms in total. The van der Waals surface area contributed by atoms with E-state index in [1.54, 1.807) is 26.1 Å². The molecule has 1 aromatic heterocycles. The Bertz CT molecular complexity index is 988. The van der Waals surface area contributed by atoms with Gasteiger partial charge >= 0.3 is 6.61 Å². The first-order valence-electron chi connectivity index (χ1n) is 8.79. The fourth-order valence-corrected chi connectivity index (χ4v) is 2.93. The summed E-state index contributed by atoms with van der Waals surface area (Å²) in [6, 6.07) is 10.4. The lowest BCUT2D eigenvalue weighted by Gasteiger charge is -2.18. The van der Waals surface area contributed by atoms with Crippen molar-refractivity contribution in [1.82, 2.24) is 15.1 Å². The normalized spacial score (nSPS) is 11.1. The van der Waals surface area contributed by atoms with Crippen LogP contribution in [0.2, 0.25) is 0 Å². The van der Waals surface area contributed by atoms with Gasteiger partial charge in [-0.3, -0.25) is 9.89 Å². The van der Waals surface area contributed by atoms with E-state index in [0.29, 0.717) is 12.3 Å². The summed E-state index contributed by atoms with van der Waals surface area (Å²) in [5.74, 6) is -0.0759. The molecule has 3 rings (SSSR count). The standard InChI is InChI=1S/C20H21F2N3O3/c1-4-27-17-10-13(6-8-16(17)28-20(21)22)11-25(3)19(26)18-14-9-12(2)5-7-15(14)23-24-18/h5-10,20H,4,11H2,1-3H3,(H,23,24). The molecular formula is C20H21F2N3O3. The molecule has 0 aliphatic heterocycles. The third-order valence-corrected chi connectivity index (χ3v) is 4.21. The van der Waals surface area contributed by atoms with E-state index >= 15 is 0 Å². The van der Waals surface area contributed by atoms with Crippen molar-refractivity contribution in [2.24, 2.45) is 0 Å². The second-order valence-corrected chi connectivity index (χ2v) is 6.38. The molecule has 0 saturated carbocycles. The molecule has 1 N–H and O–H groups in total. The highest BCUT2D eigenvalue weighted by Crippen LogP contribution is 2.30. The summed E-state index contributed by atoms with van der Waals surface area (Å²) < 4.78 is 34.9. The molecule has 3 aromatic rings. The molecule has 0 unspecified atom stereocenters. The van der Waals surface area contributed by atoms with Gasteiger partial charge in [-0.2, -0.15) is 13.9 Å². The number of fused-ring (bicyclic) bond motifs is 1. The first kappa shape index (κ1) is 19.6. The molecule has 2 aromatic carbocycles. The number of amides is 1. The summed E-state index contributed by atoms with van der Waals surface area (Å²) in [5.41, 5.74) is 2.87. The number of nitrogens with zero attached hydrogens (tertiary/aromatic N) is 2. The molecule has 0 aliphatic carbocycles. The maximum Gasteiger partial charge on any atom is 0.387 e. The molecule has 1 amide bonds. The number of aromatic amines is 1. The number of hydrogen-bond donors (Lipinski definition) is 1. The second kappa shape index (κ2) is 8.24. The van der Waals surface area contributed by atoms with Crippen LogP contribution in [0, 0.1) is 6.92 Å². The zero-order chi connectivity index (χ0) is 20.3. The first-order chi connectivity index (χ1) is 13.4. The van der Waals surface area contributed by atoms with Gasteiger partial charge in [0.15, 0.2) is 17.2 Å². The highest BCUT2D eigenvalue weighted by atomic mass is 19.3. The molecular weight excluding hydrogens is 368 g/mol. The van der Waals surface area contributed by atoms with E-state index < -0.39 is 6.61 Å². The molecule has 0 spiro atoms. The summed E-state index contributed by atoms with van der Waals surface area (Å²) >= 11 is 0. The molecule has 1 heterocycles. The summed E-state index contributed by atoms with van der Waals surface area (Å²) in [5, 5.41) is 7.77. The van der Waals surface area contributed by atoms with Crippen molar-refractivity contribution in [3.63, 3.8) is 0 Å². The van der Waals surface area contributed by atoms with Crippen molar-refractivity contribution in [3.05, 3.63) is 53.2 Å². The van der Waals surface area contributed by atoms with E-state index in [1.807, 2.05) is 25.1 Å². The molecule has 0 saturated heterocycles. The van der Waals surface area contributed by atoms with Crippen molar-refractivity contribution in [2.75, 3.05) is 13.7 Å². The monoisotopic (exact) mass is 389 g/mol. The summed E-state index contributed by atoms with van der Waals surface area (Å²) in [6.07, 6.45) is 0. The first-order valence-corrected chi connectivity index (χ1v) is 8.79. The lowest BCUT2D eigenvalue weighted by Crippen LogP contribution is -2.26. The molecule has 28 heavy (non-hydrogen) atoms. The Labute approximate surface area is 161 Å². The third-order valence-electron chi connectivity index (χ3n) is 4.21. The zero-order valence-electron chi connectivity index (χ0n) is 15.8. The Morgan fingerprint density at radius 2 is 2.00 bits per heavy atom. The average molecular weight is 389 g/mol. The number of ether oxygens (including phenoxy) is 2. The fraction of sp³-hybridized carbons (Fsp3) is 0.300. The maximum atomic E-state index is 12.8. The number of carbonyl (C=O) groups excluding carboxylic acids is 1. The Balaban J connectivity index is 1.81. The molecule has 0 atom stereocenters. The van der Waals surface area contributed by atoms with Crippen molar-refractivity contribution in [3.8, 4) is 11.5 Å². The molecule has 0 radical (unpaired) electrons. The smallest absolute Gasteiger partial charge is 0.387 e. The predicted molar refractivity (Wildman–Crippen MR) is 101 cm³/mol. The highest BCUT2D eigenvalue weighted by molar-refractivity contribution is 6.04. The van der Waals surface area contributed by atoms with E-state index in [9.17, 15) is 13.6 Å². The van der Waals surface area contributed by atoms with E-state index in [4.69, 9.17) is 4.74 Å². The van der Waals surface area contributed by atoms with Crippen LogP contribution < -0.4 is 9.47 Å². The van der Waals surface area contributed by atoms with Gasteiger partial charge in [0.2, 0.25) is 0 Å². The summed E-state index contributed by atoms with van der Waals surface area (Å²) in [7, 11) is 1.66. The number of rotatable bonds is 7. The van der Waals surface area contributed by atoms with E-state index in [2.05, 4.69) is 14.9 Å². The Hall–Kier alpha value is -3.16. The predicted octanol–water partition coefficient (Wildman–Crippen LogP) is 4.14. The van der Waals surface area contributed by atoms with Crippen LogP contribution >= 0.6 is 0 Å². The molecule has 148 valence electrons. The zero-order valence-corrected chi connectivity index (χ0v) is 15.8. The van der Waals surface area contributed by atoms with Gasteiger partial charge in [0.25, 0.3) is 5.91 Å². The molecule has 8 heteroatoms. The number of nitrogens with one attached hydrogen (secondary N) is 1. The van der Waals surface area contributed by atoms with Crippen molar-refractivity contribution < 1.29 is 23.0 Å². The topological polar surface area (TPSA) is 67.5 Å². The molecule has 0 bridgehead atoms. The lowest BCUT2D eigenvalue weighted by atomic mass is 10.1. The largest absolute Gasteiger partial charge is 0.490 e. The summed E-state index contributed by atoms with van der Waals surface area (Å²) in [4.78, 5) is 14.4. The van der Waals surface area contributed by atoms with Crippen LogP contribution in [0.5, 0.6) is 11.5 Å². The van der Waals surface area contributed by atoms with Gasteiger partial charge in [0, 0.05) is 19.0 Å². The number of H-pyrrole nitrogens is 1. The van der Waals surface area contributed by atoms with Gasteiger partial charge in [-0.25, -0.2) is 0 Å². The van der Waals surface area contributed by atoms with Crippen LogP contribution in [0.4, 0.5) is 8.78 Å². The van der Waals surface area contributed by atoms with E-state index in [-0.39, 0.29) is 24.0 Å². The third kappa shape index (κ3) is 4.21. The van der Waals surface area contributed by atoms with E-state index in [0.717, 1.165) is 22.0 Å². The van der Waals surface area contributed by atoms with Crippen LogP contribution in [-0.2, 0) is 6.54 Å². The van der Waals surface area contributed by atoms with Gasteiger partial charge in [-0.15, -0.1) is 0 Å². The SMILES string of the molecule is CCOc1cc(CN(C)C(=O)c2n[nH]c3ccc(C)cc23)ccc1OC(F)F. The molecule has 0 fully saturated rings. The van der Waals surface area contributed by atoms with Gasteiger partial charge in [0.1, 0.15) is 0 Å². The Kier molecular flexibility index (Phi) is 5.77. The van der Waals surface area contributed by atoms with Crippen molar-refractivity contribution >= 4 is 16.8 Å². The van der Waals surface area contributed by atoms with Crippen molar-refractivity contribution in [1.29, 1.82) is 0 Å². The average Bonchev–Trinajstić information content (AvgIpc) is 3.06. The number of aromatic nitrogens is 2. The Morgan fingerprint density at radius 3 is 2.71 bits per heavy atom.